The van der Waals surface area contributed by atoms with Gasteiger partial charge in [-0.2, -0.15) is 11.8 Å². The molecule has 0 amide bonds. The van der Waals surface area contributed by atoms with E-state index in [4.69, 9.17) is 0 Å². The number of halogens is 1. The zero-order chi connectivity index (χ0) is 12.3. The summed E-state index contributed by atoms with van der Waals surface area (Å²) in [6.45, 7) is 3.24. The predicted octanol–water partition coefficient (Wildman–Crippen LogP) is 3.62. The van der Waals surface area contributed by atoms with Crippen LogP contribution in [0.2, 0.25) is 0 Å². The summed E-state index contributed by atoms with van der Waals surface area (Å²) in [5.74, 6) is 0.593. The molecule has 0 saturated heterocycles. The van der Waals surface area contributed by atoms with Gasteiger partial charge in [-0.25, -0.2) is 4.39 Å². The Labute approximate surface area is 107 Å². The van der Waals surface area contributed by atoms with Crippen molar-refractivity contribution in [3.63, 3.8) is 0 Å². The van der Waals surface area contributed by atoms with E-state index in [9.17, 15) is 4.39 Å². The topological polar surface area (TPSA) is 12.0 Å². The van der Waals surface area contributed by atoms with E-state index in [-0.39, 0.29) is 5.82 Å². The van der Waals surface area contributed by atoms with E-state index in [1.807, 2.05) is 23.9 Å². The molecule has 2 rings (SSSR count). The third-order valence-electron chi connectivity index (χ3n) is 3.35. The van der Waals surface area contributed by atoms with Crippen LogP contribution in [0.1, 0.15) is 31.4 Å². The predicted molar refractivity (Wildman–Crippen MR) is 72.8 cm³/mol. The van der Waals surface area contributed by atoms with Gasteiger partial charge < -0.3 is 5.32 Å². The SMILES string of the molecule is CSC(C)CNC(c1ccc(F)cc1)C1CC1. The highest BCUT2D eigenvalue weighted by Crippen LogP contribution is 2.41. The van der Waals surface area contributed by atoms with E-state index >= 15 is 0 Å². The maximum absolute atomic E-state index is 12.9. The van der Waals surface area contributed by atoms with Crippen LogP contribution in [0.15, 0.2) is 24.3 Å². The maximum atomic E-state index is 12.9. The lowest BCUT2D eigenvalue weighted by atomic mass is 10.0. The van der Waals surface area contributed by atoms with E-state index in [1.54, 1.807) is 12.1 Å². The van der Waals surface area contributed by atoms with Gasteiger partial charge in [0.05, 0.1) is 0 Å². The molecule has 0 aliphatic heterocycles. The molecule has 0 spiro atoms. The average Bonchev–Trinajstić information content (AvgIpc) is 3.15. The van der Waals surface area contributed by atoms with E-state index < -0.39 is 0 Å². The molecule has 1 fully saturated rings. The van der Waals surface area contributed by atoms with Crippen molar-refractivity contribution in [1.82, 2.24) is 5.32 Å². The first-order valence-corrected chi connectivity index (χ1v) is 7.51. The molecule has 3 heteroatoms. The van der Waals surface area contributed by atoms with Crippen molar-refractivity contribution in [2.45, 2.75) is 31.1 Å². The van der Waals surface area contributed by atoms with Crippen LogP contribution in [0.3, 0.4) is 0 Å². The molecule has 17 heavy (non-hydrogen) atoms. The van der Waals surface area contributed by atoms with Crippen molar-refractivity contribution >= 4 is 11.8 Å². The summed E-state index contributed by atoms with van der Waals surface area (Å²) in [6.07, 6.45) is 4.72. The van der Waals surface area contributed by atoms with E-state index in [1.165, 1.54) is 18.4 Å². The Kier molecular flexibility index (Phi) is 4.46. The van der Waals surface area contributed by atoms with Gasteiger partial charge in [-0.1, -0.05) is 19.1 Å². The van der Waals surface area contributed by atoms with Crippen LogP contribution in [0.5, 0.6) is 0 Å². The molecule has 1 nitrogen and oxygen atoms in total. The van der Waals surface area contributed by atoms with Gasteiger partial charge in [0.25, 0.3) is 0 Å². The molecule has 1 aromatic carbocycles. The van der Waals surface area contributed by atoms with E-state index in [2.05, 4.69) is 18.5 Å². The third kappa shape index (κ3) is 3.71. The zero-order valence-corrected chi connectivity index (χ0v) is 11.3. The smallest absolute Gasteiger partial charge is 0.123 e. The lowest BCUT2D eigenvalue weighted by Crippen LogP contribution is -2.28. The Hall–Kier alpha value is -0.540. The summed E-state index contributed by atoms with van der Waals surface area (Å²) < 4.78 is 12.9. The van der Waals surface area contributed by atoms with Gasteiger partial charge in [0.2, 0.25) is 0 Å². The minimum Gasteiger partial charge on any atom is -0.309 e. The van der Waals surface area contributed by atoms with Gasteiger partial charge in [-0.05, 0) is 42.7 Å². The fraction of sp³-hybridized carbons (Fsp3) is 0.571. The summed E-state index contributed by atoms with van der Waals surface area (Å²) in [5, 5.41) is 4.25. The van der Waals surface area contributed by atoms with Crippen LogP contribution in [-0.4, -0.2) is 18.1 Å². The Balaban J connectivity index is 1.99. The molecule has 2 unspecified atom stereocenters. The van der Waals surface area contributed by atoms with E-state index in [0.717, 1.165) is 12.5 Å². The first-order valence-electron chi connectivity index (χ1n) is 6.22. The number of benzene rings is 1. The molecule has 0 aromatic heterocycles. The van der Waals surface area contributed by atoms with Crippen LogP contribution in [-0.2, 0) is 0 Å². The molecular formula is C14H20FNS. The van der Waals surface area contributed by atoms with Gasteiger partial charge in [-0.15, -0.1) is 0 Å². The van der Waals surface area contributed by atoms with Crippen LogP contribution < -0.4 is 5.32 Å². The van der Waals surface area contributed by atoms with Crippen LogP contribution in [0.4, 0.5) is 4.39 Å². The lowest BCUT2D eigenvalue weighted by Gasteiger charge is -2.20. The quantitative estimate of drug-likeness (QED) is 0.831. The fourth-order valence-corrected chi connectivity index (χ4v) is 2.30. The van der Waals surface area contributed by atoms with Crippen molar-refractivity contribution in [2.24, 2.45) is 5.92 Å². The number of thioether (sulfide) groups is 1. The van der Waals surface area contributed by atoms with Crippen molar-refractivity contribution in [3.8, 4) is 0 Å². The highest BCUT2D eigenvalue weighted by atomic mass is 32.2. The highest BCUT2D eigenvalue weighted by Gasteiger charge is 2.32. The van der Waals surface area contributed by atoms with Crippen LogP contribution in [0.25, 0.3) is 0 Å². The standard InChI is InChI=1S/C14H20FNS/c1-10(17-2)9-16-14(11-3-4-11)12-5-7-13(15)8-6-12/h5-8,10-11,14,16H,3-4,9H2,1-2H3. The average molecular weight is 253 g/mol. The molecule has 0 heterocycles. The van der Waals surface area contributed by atoms with Gasteiger partial charge >= 0.3 is 0 Å². The number of hydrogen-bond acceptors (Lipinski definition) is 2. The minimum atomic E-state index is -0.152. The van der Waals surface area contributed by atoms with Gasteiger partial charge in [-0.3, -0.25) is 0 Å². The molecule has 94 valence electrons. The first kappa shape index (κ1) is 12.9. The van der Waals surface area contributed by atoms with Crippen LogP contribution in [0, 0.1) is 11.7 Å². The minimum absolute atomic E-state index is 0.152. The van der Waals surface area contributed by atoms with Gasteiger partial charge in [0.1, 0.15) is 5.82 Å². The van der Waals surface area contributed by atoms with Gasteiger partial charge in [0.15, 0.2) is 0 Å². The Bertz CT molecular complexity index is 348. The molecule has 2 atom stereocenters. The van der Waals surface area contributed by atoms with Crippen molar-refractivity contribution in [1.29, 1.82) is 0 Å². The molecule has 1 aliphatic carbocycles. The summed E-state index contributed by atoms with van der Waals surface area (Å²) in [7, 11) is 0. The van der Waals surface area contributed by atoms with Gasteiger partial charge in [0, 0.05) is 17.8 Å². The summed E-state index contributed by atoms with van der Waals surface area (Å²) in [5.41, 5.74) is 1.22. The molecule has 1 N–H and O–H groups in total. The number of rotatable bonds is 6. The monoisotopic (exact) mass is 253 g/mol. The molecule has 1 saturated carbocycles. The van der Waals surface area contributed by atoms with Crippen molar-refractivity contribution in [3.05, 3.63) is 35.6 Å². The molecule has 1 aliphatic rings. The maximum Gasteiger partial charge on any atom is 0.123 e. The van der Waals surface area contributed by atoms with Crippen molar-refractivity contribution < 1.29 is 4.39 Å². The molecule has 0 bridgehead atoms. The molecule has 1 aromatic rings. The number of hydrogen-bond donors (Lipinski definition) is 1. The fourth-order valence-electron chi connectivity index (χ4n) is 2.03. The number of nitrogens with one attached hydrogen (secondary N) is 1. The largest absolute Gasteiger partial charge is 0.309 e. The normalized spacial score (nSPS) is 19.0. The summed E-state index contributed by atoms with van der Waals surface area (Å²) >= 11 is 1.87. The summed E-state index contributed by atoms with van der Waals surface area (Å²) in [6, 6.07) is 7.35. The van der Waals surface area contributed by atoms with Crippen molar-refractivity contribution in [2.75, 3.05) is 12.8 Å². The van der Waals surface area contributed by atoms with Crippen LogP contribution >= 0.6 is 11.8 Å². The summed E-state index contributed by atoms with van der Waals surface area (Å²) in [4.78, 5) is 0. The molecule has 0 radical (unpaired) electrons. The second-order valence-corrected chi connectivity index (χ2v) is 6.10. The first-order chi connectivity index (χ1) is 8.20. The zero-order valence-electron chi connectivity index (χ0n) is 10.4. The second-order valence-electron chi connectivity index (χ2n) is 4.82. The third-order valence-corrected chi connectivity index (χ3v) is 4.32. The highest BCUT2D eigenvalue weighted by molar-refractivity contribution is 7.99. The lowest BCUT2D eigenvalue weighted by molar-refractivity contribution is 0.483. The second kappa shape index (κ2) is 5.87. The Morgan fingerprint density at radius 2 is 2.00 bits per heavy atom. The Morgan fingerprint density at radius 3 is 2.53 bits per heavy atom. The Morgan fingerprint density at radius 1 is 1.35 bits per heavy atom. The molecular weight excluding hydrogens is 233 g/mol. The van der Waals surface area contributed by atoms with E-state index in [0.29, 0.717) is 11.3 Å².